The topological polar surface area (TPSA) is 76.1 Å². The van der Waals surface area contributed by atoms with Gasteiger partial charge >= 0.3 is 12.1 Å². The van der Waals surface area contributed by atoms with Gasteiger partial charge in [-0.05, 0) is 13.0 Å². The number of carbonyl (C=O) groups excluding carboxylic acids is 1. The van der Waals surface area contributed by atoms with Crippen LogP contribution in [-0.2, 0) is 14.3 Å². The van der Waals surface area contributed by atoms with E-state index in [2.05, 4.69) is 0 Å². The minimum absolute atomic E-state index is 0.439. The van der Waals surface area contributed by atoms with Gasteiger partial charge in [0.05, 0.1) is 13.2 Å². The molecule has 1 saturated heterocycles. The Bertz CT molecular complexity index is 283. The van der Waals surface area contributed by atoms with E-state index in [0.29, 0.717) is 26.3 Å². The molecule has 6 nitrogen and oxygen atoms in total. The zero-order chi connectivity index (χ0) is 12.0. The highest BCUT2D eigenvalue weighted by Crippen LogP contribution is 2.03. The van der Waals surface area contributed by atoms with Crippen molar-refractivity contribution in [3.63, 3.8) is 0 Å². The number of rotatable bonds is 3. The van der Waals surface area contributed by atoms with Crippen LogP contribution in [0.25, 0.3) is 0 Å². The molecule has 16 heavy (non-hydrogen) atoms. The van der Waals surface area contributed by atoms with Gasteiger partial charge in [0.15, 0.2) is 0 Å². The molecule has 0 bridgehead atoms. The van der Waals surface area contributed by atoms with Gasteiger partial charge in [0.2, 0.25) is 0 Å². The smallest absolute Gasteiger partial charge is 0.410 e. The highest BCUT2D eigenvalue weighted by atomic mass is 16.6. The van der Waals surface area contributed by atoms with Crippen molar-refractivity contribution < 1.29 is 24.2 Å². The third-order valence-electron chi connectivity index (χ3n) is 2.07. The van der Waals surface area contributed by atoms with Crippen LogP contribution in [0.5, 0.6) is 0 Å². The van der Waals surface area contributed by atoms with Crippen LogP contribution >= 0.6 is 0 Å². The number of amides is 1. The predicted octanol–water partition coefficient (Wildman–Crippen LogP) is 0.484. The summed E-state index contributed by atoms with van der Waals surface area (Å²) in [4.78, 5) is 23.3. The van der Waals surface area contributed by atoms with Crippen molar-refractivity contribution in [1.29, 1.82) is 0 Å². The third-order valence-corrected chi connectivity index (χ3v) is 2.07. The van der Waals surface area contributed by atoms with Crippen LogP contribution in [0.2, 0.25) is 0 Å². The molecule has 0 aromatic rings. The van der Waals surface area contributed by atoms with Crippen LogP contribution in [0.3, 0.4) is 0 Å². The first-order valence-electron chi connectivity index (χ1n) is 5.04. The van der Waals surface area contributed by atoms with Crippen molar-refractivity contribution in [2.24, 2.45) is 0 Å². The number of aliphatic carboxylic acids is 1. The average Bonchev–Trinajstić information content (AvgIpc) is 2.27. The number of hydrogen-bond acceptors (Lipinski definition) is 4. The fourth-order valence-corrected chi connectivity index (χ4v) is 1.24. The molecule has 1 aliphatic rings. The Morgan fingerprint density at radius 1 is 1.44 bits per heavy atom. The minimum Gasteiger partial charge on any atom is -0.478 e. The number of carbonyl (C=O) groups is 2. The maximum atomic E-state index is 11.5. The van der Waals surface area contributed by atoms with Crippen LogP contribution in [-0.4, -0.2) is 54.5 Å². The van der Waals surface area contributed by atoms with E-state index in [9.17, 15) is 9.59 Å². The van der Waals surface area contributed by atoms with Gasteiger partial charge in [-0.25, -0.2) is 9.59 Å². The van der Waals surface area contributed by atoms with Gasteiger partial charge in [0.25, 0.3) is 0 Å². The second-order valence-corrected chi connectivity index (χ2v) is 3.39. The molecule has 1 amide bonds. The van der Waals surface area contributed by atoms with E-state index < -0.39 is 18.2 Å². The normalized spacial score (nSPS) is 18.4. The lowest BCUT2D eigenvalue weighted by Crippen LogP contribution is -2.41. The molecule has 1 atom stereocenters. The van der Waals surface area contributed by atoms with E-state index in [0.717, 1.165) is 6.08 Å². The molecule has 1 N–H and O–H groups in total. The van der Waals surface area contributed by atoms with Crippen molar-refractivity contribution in [3.05, 3.63) is 12.2 Å². The standard InChI is InChI=1S/C10H15NO5/c1-8(2-3-9(12)13)16-10(14)11-4-6-15-7-5-11/h2-3,8H,4-7H2,1H3,(H,12,13). The number of carboxylic acids is 1. The summed E-state index contributed by atoms with van der Waals surface area (Å²) in [5.74, 6) is -1.06. The first kappa shape index (κ1) is 12.5. The van der Waals surface area contributed by atoms with E-state index >= 15 is 0 Å². The van der Waals surface area contributed by atoms with Crippen molar-refractivity contribution in [2.45, 2.75) is 13.0 Å². The lowest BCUT2D eigenvalue weighted by molar-refractivity contribution is -0.131. The van der Waals surface area contributed by atoms with Gasteiger partial charge in [-0.2, -0.15) is 0 Å². The largest absolute Gasteiger partial charge is 0.478 e. The molecule has 0 spiro atoms. The SMILES string of the molecule is CC(C=CC(=O)O)OC(=O)N1CCOCC1. The maximum absolute atomic E-state index is 11.5. The average molecular weight is 229 g/mol. The molecule has 1 rings (SSSR count). The lowest BCUT2D eigenvalue weighted by Gasteiger charge is -2.26. The summed E-state index contributed by atoms with van der Waals surface area (Å²) in [5.41, 5.74) is 0. The first-order chi connectivity index (χ1) is 7.59. The van der Waals surface area contributed by atoms with Crippen molar-refractivity contribution in [1.82, 2.24) is 4.90 Å². The van der Waals surface area contributed by atoms with E-state index in [4.69, 9.17) is 14.6 Å². The van der Waals surface area contributed by atoms with E-state index in [1.807, 2.05) is 0 Å². The number of hydrogen-bond donors (Lipinski definition) is 1. The summed E-state index contributed by atoms with van der Waals surface area (Å²) < 4.78 is 10.1. The number of ether oxygens (including phenoxy) is 2. The minimum atomic E-state index is -1.06. The molecule has 6 heteroatoms. The molecular weight excluding hydrogens is 214 g/mol. The van der Waals surface area contributed by atoms with Gasteiger partial charge in [0, 0.05) is 19.2 Å². The summed E-state index contributed by atoms with van der Waals surface area (Å²) in [7, 11) is 0. The summed E-state index contributed by atoms with van der Waals surface area (Å²) in [5, 5.41) is 8.39. The van der Waals surface area contributed by atoms with Crippen molar-refractivity contribution in [3.8, 4) is 0 Å². The summed E-state index contributed by atoms with van der Waals surface area (Å²) >= 11 is 0. The van der Waals surface area contributed by atoms with Crippen LogP contribution in [0.1, 0.15) is 6.92 Å². The molecule has 1 heterocycles. The number of morpholine rings is 1. The van der Waals surface area contributed by atoms with Crippen molar-refractivity contribution in [2.75, 3.05) is 26.3 Å². The number of carboxylic acid groups (broad SMARTS) is 1. The Morgan fingerprint density at radius 3 is 2.62 bits per heavy atom. The molecular formula is C10H15NO5. The monoisotopic (exact) mass is 229 g/mol. The Hall–Kier alpha value is -1.56. The Kier molecular flexibility index (Phi) is 4.78. The molecule has 0 aromatic heterocycles. The van der Waals surface area contributed by atoms with Gasteiger partial charge in [0.1, 0.15) is 6.10 Å². The second-order valence-electron chi connectivity index (χ2n) is 3.39. The molecule has 1 fully saturated rings. The highest BCUT2D eigenvalue weighted by molar-refractivity contribution is 5.79. The summed E-state index contributed by atoms with van der Waals surface area (Å²) in [6.45, 7) is 3.64. The molecule has 0 radical (unpaired) electrons. The summed E-state index contributed by atoms with van der Waals surface area (Å²) in [6.07, 6.45) is 1.29. The Labute approximate surface area is 93.4 Å². The molecule has 0 aliphatic carbocycles. The van der Waals surface area contributed by atoms with Gasteiger partial charge < -0.3 is 19.5 Å². The van der Waals surface area contributed by atoms with Crippen LogP contribution in [0.4, 0.5) is 4.79 Å². The van der Waals surface area contributed by atoms with Crippen LogP contribution < -0.4 is 0 Å². The highest BCUT2D eigenvalue weighted by Gasteiger charge is 2.19. The Morgan fingerprint density at radius 2 is 2.06 bits per heavy atom. The maximum Gasteiger partial charge on any atom is 0.410 e. The zero-order valence-electron chi connectivity index (χ0n) is 9.09. The third kappa shape index (κ3) is 4.31. The fraction of sp³-hybridized carbons (Fsp3) is 0.600. The van der Waals surface area contributed by atoms with E-state index in [-0.39, 0.29) is 0 Å². The molecule has 90 valence electrons. The molecule has 0 saturated carbocycles. The van der Waals surface area contributed by atoms with Gasteiger partial charge in [-0.1, -0.05) is 0 Å². The van der Waals surface area contributed by atoms with Crippen LogP contribution in [0.15, 0.2) is 12.2 Å². The second kappa shape index (κ2) is 6.12. The Balaban J connectivity index is 2.34. The molecule has 0 aromatic carbocycles. The van der Waals surface area contributed by atoms with E-state index in [1.54, 1.807) is 6.92 Å². The molecule has 1 aliphatic heterocycles. The van der Waals surface area contributed by atoms with Crippen molar-refractivity contribution >= 4 is 12.1 Å². The van der Waals surface area contributed by atoms with Gasteiger partial charge in [-0.15, -0.1) is 0 Å². The first-order valence-corrected chi connectivity index (χ1v) is 5.04. The fourth-order valence-electron chi connectivity index (χ4n) is 1.24. The number of nitrogens with zero attached hydrogens (tertiary/aromatic N) is 1. The zero-order valence-corrected chi connectivity index (χ0v) is 9.09. The van der Waals surface area contributed by atoms with Gasteiger partial charge in [-0.3, -0.25) is 0 Å². The quantitative estimate of drug-likeness (QED) is 0.712. The molecule has 1 unspecified atom stereocenters. The lowest BCUT2D eigenvalue weighted by atomic mass is 10.3. The summed E-state index contributed by atoms with van der Waals surface area (Å²) in [6, 6.07) is 0. The van der Waals surface area contributed by atoms with Crippen LogP contribution in [0, 0.1) is 0 Å². The predicted molar refractivity (Wildman–Crippen MR) is 55.1 cm³/mol. The van der Waals surface area contributed by atoms with E-state index in [1.165, 1.54) is 11.0 Å².